The van der Waals surface area contributed by atoms with Crippen LogP contribution < -0.4 is 0 Å². The molecule has 1 fully saturated rings. The minimum Gasteiger partial charge on any atom is -0.351 e. The van der Waals surface area contributed by atoms with Crippen LogP contribution in [-0.2, 0) is 9.53 Å². The van der Waals surface area contributed by atoms with Gasteiger partial charge in [-0.3, -0.25) is 4.79 Å². The smallest absolute Gasteiger partial charge is 0.249 e. The monoisotopic (exact) mass is 201 g/mol. The number of rotatable bonds is 1. The normalized spacial score (nSPS) is 28.5. The Morgan fingerprint density at radius 1 is 1.27 bits per heavy atom. The highest BCUT2D eigenvalue weighted by molar-refractivity contribution is 5.91. The van der Waals surface area contributed by atoms with E-state index in [1.807, 2.05) is 36.4 Å². The van der Waals surface area contributed by atoms with E-state index in [0.29, 0.717) is 6.61 Å². The summed E-state index contributed by atoms with van der Waals surface area (Å²) in [6, 6.07) is 9.97. The van der Waals surface area contributed by atoms with Crippen molar-refractivity contribution in [3.05, 3.63) is 48.0 Å². The summed E-state index contributed by atoms with van der Waals surface area (Å²) >= 11 is 0. The Kier molecular flexibility index (Phi) is 1.86. The van der Waals surface area contributed by atoms with E-state index in [9.17, 15) is 4.79 Å². The third-order valence-electron chi connectivity index (χ3n) is 2.83. The molecule has 0 N–H and O–H groups in total. The third-order valence-corrected chi connectivity index (χ3v) is 2.83. The van der Waals surface area contributed by atoms with E-state index in [0.717, 1.165) is 5.56 Å². The van der Waals surface area contributed by atoms with Crippen molar-refractivity contribution in [2.75, 3.05) is 6.61 Å². The SMILES string of the molecule is O=C1C=C[C@@H]2CO[C@@H](c3ccccc3)N12. The largest absolute Gasteiger partial charge is 0.351 e. The van der Waals surface area contributed by atoms with Crippen LogP contribution in [0.1, 0.15) is 11.8 Å². The van der Waals surface area contributed by atoms with Gasteiger partial charge in [-0.2, -0.15) is 0 Å². The zero-order valence-corrected chi connectivity index (χ0v) is 8.17. The Morgan fingerprint density at radius 2 is 2.07 bits per heavy atom. The van der Waals surface area contributed by atoms with Gasteiger partial charge < -0.3 is 9.64 Å². The maximum absolute atomic E-state index is 11.6. The molecule has 15 heavy (non-hydrogen) atoms. The van der Waals surface area contributed by atoms with E-state index in [1.54, 1.807) is 11.0 Å². The van der Waals surface area contributed by atoms with Gasteiger partial charge in [0.2, 0.25) is 5.91 Å². The number of benzene rings is 1. The molecule has 3 heteroatoms. The summed E-state index contributed by atoms with van der Waals surface area (Å²) in [5, 5.41) is 0. The molecule has 1 amide bonds. The highest BCUT2D eigenvalue weighted by atomic mass is 16.5. The molecular weight excluding hydrogens is 190 g/mol. The lowest BCUT2D eigenvalue weighted by molar-refractivity contribution is -0.130. The highest BCUT2D eigenvalue weighted by Crippen LogP contribution is 2.33. The van der Waals surface area contributed by atoms with E-state index in [2.05, 4.69) is 0 Å². The van der Waals surface area contributed by atoms with Crippen molar-refractivity contribution >= 4 is 5.91 Å². The predicted octanol–water partition coefficient (Wildman–Crippen LogP) is 1.48. The van der Waals surface area contributed by atoms with Crippen molar-refractivity contribution in [3.8, 4) is 0 Å². The topological polar surface area (TPSA) is 29.5 Å². The number of carbonyl (C=O) groups is 1. The second kappa shape index (κ2) is 3.21. The third kappa shape index (κ3) is 1.27. The van der Waals surface area contributed by atoms with Crippen LogP contribution in [0.4, 0.5) is 0 Å². The van der Waals surface area contributed by atoms with Gasteiger partial charge in [0.25, 0.3) is 0 Å². The van der Waals surface area contributed by atoms with E-state index in [1.165, 1.54) is 0 Å². The average Bonchev–Trinajstić information content (AvgIpc) is 2.84. The average molecular weight is 201 g/mol. The summed E-state index contributed by atoms with van der Waals surface area (Å²) in [7, 11) is 0. The van der Waals surface area contributed by atoms with Gasteiger partial charge in [0, 0.05) is 11.6 Å². The standard InChI is InChI=1S/C12H11NO2/c14-11-7-6-10-8-15-12(13(10)11)9-4-2-1-3-5-9/h1-7,10,12H,8H2/t10-,12+/m1/s1. The second-order valence-corrected chi connectivity index (χ2v) is 3.77. The Bertz CT molecular complexity index is 413. The molecule has 2 heterocycles. The van der Waals surface area contributed by atoms with Gasteiger partial charge in [-0.15, -0.1) is 0 Å². The first-order valence-corrected chi connectivity index (χ1v) is 5.03. The second-order valence-electron chi connectivity index (χ2n) is 3.77. The first-order chi connectivity index (χ1) is 7.36. The molecule has 0 aromatic heterocycles. The highest BCUT2D eigenvalue weighted by Gasteiger charge is 2.39. The van der Waals surface area contributed by atoms with Gasteiger partial charge in [-0.25, -0.2) is 0 Å². The van der Waals surface area contributed by atoms with Crippen molar-refractivity contribution in [2.24, 2.45) is 0 Å². The van der Waals surface area contributed by atoms with Crippen LogP contribution in [0.25, 0.3) is 0 Å². The first kappa shape index (κ1) is 8.68. The number of nitrogens with zero attached hydrogens (tertiary/aromatic N) is 1. The van der Waals surface area contributed by atoms with Crippen molar-refractivity contribution < 1.29 is 9.53 Å². The van der Waals surface area contributed by atoms with Crippen molar-refractivity contribution in [1.29, 1.82) is 0 Å². The summed E-state index contributed by atoms with van der Waals surface area (Å²) in [6.45, 7) is 0.599. The van der Waals surface area contributed by atoms with Gasteiger partial charge in [0.1, 0.15) is 0 Å². The first-order valence-electron chi connectivity index (χ1n) is 5.03. The Morgan fingerprint density at radius 3 is 2.87 bits per heavy atom. The molecule has 1 aromatic rings. The minimum absolute atomic E-state index is 0.0475. The quantitative estimate of drug-likeness (QED) is 0.688. The molecule has 2 aliphatic rings. The van der Waals surface area contributed by atoms with Crippen LogP contribution in [0, 0.1) is 0 Å². The number of fused-ring (bicyclic) bond motifs is 1. The molecule has 1 saturated heterocycles. The summed E-state index contributed by atoms with van der Waals surface area (Å²) < 4.78 is 5.63. The van der Waals surface area contributed by atoms with Crippen LogP contribution in [0.15, 0.2) is 42.5 Å². The fraction of sp³-hybridized carbons (Fsp3) is 0.250. The van der Waals surface area contributed by atoms with E-state index in [-0.39, 0.29) is 18.2 Å². The molecule has 3 nitrogen and oxygen atoms in total. The molecule has 0 radical (unpaired) electrons. The minimum atomic E-state index is -0.210. The van der Waals surface area contributed by atoms with E-state index >= 15 is 0 Å². The van der Waals surface area contributed by atoms with Crippen LogP contribution in [0.3, 0.4) is 0 Å². The van der Waals surface area contributed by atoms with Crippen molar-refractivity contribution in [2.45, 2.75) is 12.3 Å². The maximum Gasteiger partial charge on any atom is 0.249 e. The predicted molar refractivity (Wildman–Crippen MR) is 54.9 cm³/mol. The lowest BCUT2D eigenvalue weighted by Gasteiger charge is -2.22. The van der Waals surface area contributed by atoms with Crippen LogP contribution in [0.2, 0.25) is 0 Å². The number of ether oxygens (including phenoxy) is 1. The van der Waals surface area contributed by atoms with Gasteiger partial charge in [-0.1, -0.05) is 36.4 Å². The Hall–Kier alpha value is -1.61. The van der Waals surface area contributed by atoms with Gasteiger partial charge in [0.05, 0.1) is 12.6 Å². The fourth-order valence-electron chi connectivity index (χ4n) is 2.11. The lowest BCUT2D eigenvalue weighted by atomic mass is 10.2. The van der Waals surface area contributed by atoms with E-state index in [4.69, 9.17) is 4.74 Å². The van der Waals surface area contributed by atoms with Crippen LogP contribution in [-0.4, -0.2) is 23.5 Å². The molecule has 1 aromatic carbocycles. The van der Waals surface area contributed by atoms with Gasteiger partial charge in [-0.05, 0) is 0 Å². The maximum atomic E-state index is 11.6. The number of amides is 1. The molecule has 0 unspecified atom stereocenters. The number of hydrogen-bond acceptors (Lipinski definition) is 2. The summed E-state index contributed by atoms with van der Waals surface area (Å²) in [5.74, 6) is 0.0475. The molecule has 0 spiro atoms. The van der Waals surface area contributed by atoms with Crippen LogP contribution >= 0.6 is 0 Å². The molecule has 2 atom stereocenters. The lowest BCUT2D eigenvalue weighted by Crippen LogP contribution is -2.31. The summed E-state index contributed by atoms with van der Waals surface area (Å²) in [4.78, 5) is 13.4. The van der Waals surface area contributed by atoms with Crippen LogP contribution in [0.5, 0.6) is 0 Å². The Labute approximate surface area is 88.0 Å². The molecule has 0 saturated carbocycles. The molecule has 76 valence electrons. The molecule has 3 rings (SSSR count). The molecule has 0 aliphatic carbocycles. The summed E-state index contributed by atoms with van der Waals surface area (Å²) in [5.41, 5.74) is 1.04. The van der Waals surface area contributed by atoms with E-state index < -0.39 is 0 Å². The van der Waals surface area contributed by atoms with Crippen molar-refractivity contribution in [1.82, 2.24) is 4.90 Å². The van der Waals surface area contributed by atoms with Gasteiger partial charge in [0.15, 0.2) is 6.23 Å². The fourth-order valence-corrected chi connectivity index (χ4v) is 2.11. The van der Waals surface area contributed by atoms with Gasteiger partial charge >= 0.3 is 0 Å². The molecular formula is C12H11NO2. The number of hydrogen-bond donors (Lipinski definition) is 0. The Balaban J connectivity index is 1.93. The number of carbonyl (C=O) groups excluding carboxylic acids is 1. The zero-order chi connectivity index (χ0) is 10.3. The molecule has 0 bridgehead atoms. The van der Waals surface area contributed by atoms with Crippen molar-refractivity contribution in [3.63, 3.8) is 0 Å². The summed E-state index contributed by atoms with van der Waals surface area (Å²) in [6.07, 6.45) is 3.33. The zero-order valence-electron chi connectivity index (χ0n) is 8.17. The molecule has 2 aliphatic heterocycles.